The Morgan fingerprint density at radius 3 is 2.41 bits per heavy atom. The van der Waals surface area contributed by atoms with Crippen molar-refractivity contribution in [2.45, 2.75) is 31.5 Å². The van der Waals surface area contributed by atoms with E-state index in [9.17, 15) is 19.5 Å². The molecule has 29 heavy (non-hydrogen) atoms. The summed E-state index contributed by atoms with van der Waals surface area (Å²) in [6.07, 6.45) is -0.919. The summed E-state index contributed by atoms with van der Waals surface area (Å²) in [6.45, 7) is 3.49. The van der Waals surface area contributed by atoms with Crippen LogP contribution in [0.15, 0.2) is 48.5 Å². The Bertz CT molecular complexity index is 1050. The maximum atomic E-state index is 13.6. The van der Waals surface area contributed by atoms with Crippen molar-refractivity contribution in [2.24, 2.45) is 11.8 Å². The predicted molar refractivity (Wildman–Crippen MR) is 106 cm³/mol. The predicted octanol–water partition coefficient (Wildman–Crippen LogP) is 1.30. The van der Waals surface area contributed by atoms with Gasteiger partial charge >= 0.3 is 0 Å². The number of imide groups is 1. The van der Waals surface area contributed by atoms with Crippen molar-refractivity contribution in [3.63, 3.8) is 0 Å². The van der Waals surface area contributed by atoms with E-state index in [0.717, 1.165) is 5.56 Å². The third-order valence-electron chi connectivity index (χ3n) is 6.37. The van der Waals surface area contributed by atoms with Crippen molar-refractivity contribution in [1.82, 2.24) is 5.32 Å². The summed E-state index contributed by atoms with van der Waals surface area (Å²) in [5.41, 5.74) is 1.36. The molecule has 2 saturated heterocycles. The maximum absolute atomic E-state index is 13.6. The molecule has 5 rings (SSSR count). The fraction of sp³-hybridized carbons (Fsp3) is 0.318. The molecular weight excluding hydrogens is 370 g/mol. The average molecular weight is 391 g/mol. The second-order valence-electron chi connectivity index (χ2n) is 8.07. The lowest BCUT2D eigenvalue weighted by Crippen LogP contribution is -2.54. The van der Waals surface area contributed by atoms with Crippen LogP contribution in [0.4, 0.5) is 11.4 Å². The molecule has 2 aromatic rings. The second kappa shape index (κ2) is 5.98. The van der Waals surface area contributed by atoms with Crippen LogP contribution in [0.3, 0.4) is 0 Å². The molecule has 7 nitrogen and oxygen atoms in total. The number of aliphatic hydroxyl groups excluding tert-OH is 1. The van der Waals surface area contributed by atoms with Crippen LogP contribution in [-0.2, 0) is 19.9 Å². The topological polar surface area (TPSA) is 98.7 Å². The molecular formula is C22H21N3O4. The number of carbonyl (C=O) groups excluding carboxylic acids is 3. The smallest absolute Gasteiger partial charge is 0.250 e. The molecule has 3 N–H and O–H groups in total. The van der Waals surface area contributed by atoms with E-state index in [1.807, 2.05) is 19.1 Å². The summed E-state index contributed by atoms with van der Waals surface area (Å²) in [5, 5.41) is 16.4. The molecule has 7 heteroatoms. The second-order valence-corrected chi connectivity index (χ2v) is 8.07. The first-order chi connectivity index (χ1) is 13.9. The highest BCUT2D eigenvalue weighted by molar-refractivity contribution is 6.25. The van der Waals surface area contributed by atoms with Gasteiger partial charge in [0.25, 0.3) is 0 Å². The first-order valence-electron chi connectivity index (χ1n) is 9.67. The third-order valence-corrected chi connectivity index (χ3v) is 6.37. The van der Waals surface area contributed by atoms with Crippen molar-refractivity contribution >= 4 is 29.1 Å². The number of nitrogens with one attached hydrogen (secondary N) is 2. The van der Waals surface area contributed by atoms with Gasteiger partial charge in [0.2, 0.25) is 17.7 Å². The van der Waals surface area contributed by atoms with Gasteiger partial charge in [0, 0.05) is 17.3 Å². The molecule has 0 aliphatic carbocycles. The Balaban J connectivity index is 1.68. The van der Waals surface area contributed by atoms with Crippen molar-refractivity contribution in [2.75, 3.05) is 10.2 Å². The summed E-state index contributed by atoms with van der Waals surface area (Å²) < 4.78 is 0. The first kappa shape index (κ1) is 18.0. The monoisotopic (exact) mass is 391 g/mol. The number of rotatable bonds is 2. The average Bonchev–Trinajstić information content (AvgIpc) is 3.28. The summed E-state index contributed by atoms with van der Waals surface area (Å²) in [5.74, 6) is -2.95. The van der Waals surface area contributed by atoms with E-state index in [2.05, 4.69) is 10.6 Å². The first-order valence-corrected chi connectivity index (χ1v) is 9.67. The number of carbonyl (C=O) groups is 3. The van der Waals surface area contributed by atoms with Gasteiger partial charge < -0.3 is 10.4 Å². The quantitative estimate of drug-likeness (QED) is 0.671. The summed E-state index contributed by atoms with van der Waals surface area (Å²) in [6, 6.07) is 13.6. The molecule has 2 fully saturated rings. The molecule has 0 saturated carbocycles. The Labute approximate surface area is 167 Å². The fourth-order valence-electron chi connectivity index (χ4n) is 5.05. The Morgan fingerprint density at radius 1 is 1.03 bits per heavy atom. The van der Waals surface area contributed by atoms with E-state index in [4.69, 9.17) is 0 Å². The lowest BCUT2D eigenvalue weighted by Gasteiger charge is -2.30. The molecule has 0 unspecified atom stereocenters. The highest BCUT2D eigenvalue weighted by Crippen LogP contribution is 2.53. The summed E-state index contributed by atoms with van der Waals surface area (Å²) in [4.78, 5) is 41.3. The zero-order chi connectivity index (χ0) is 20.5. The standard InChI is InChI=1S/C22H21N3O4/c1-11-7-9-13(10-8-11)25-19(27)16-17(20(25)28)22(24-18(16)12(2)26)14-5-3-4-6-15(14)23-21(22)29/h3-10,12,16-18,24,26H,1-2H3,(H,23,29)/t12-,16-,17+,18+,22+/m1/s1. The fourth-order valence-corrected chi connectivity index (χ4v) is 5.05. The molecule has 0 bridgehead atoms. The Kier molecular flexibility index (Phi) is 3.72. The van der Waals surface area contributed by atoms with E-state index in [0.29, 0.717) is 16.9 Å². The van der Waals surface area contributed by atoms with Crippen molar-refractivity contribution in [1.29, 1.82) is 0 Å². The van der Waals surface area contributed by atoms with Crippen LogP contribution in [0.1, 0.15) is 18.1 Å². The number of hydrogen-bond donors (Lipinski definition) is 3. The SMILES string of the molecule is Cc1ccc(N2C(=O)[C@H]3[C@H]([C@@H](C)O)N[C@]4(C(=O)Nc5ccccc54)[C@@H]3C2=O)cc1. The number of benzene rings is 2. The van der Waals surface area contributed by atoms with Crippen LogP contribution in [0.25, 0.3) is 0 Å². The number of aliphatic hydroxyl groups is 1. The van der Waals surface area contributed by atoms with Gasteiger partial charge in [0.1, 0.15) is 5.54 Å². The van der Waals surface area contributed by atoms with Gasteiger partial charge in [-0.05, 0) is 32.0 Å². The third kappa shape index (κ3) is 2.22. The van der Waals surface area contributed by atoms with Gasteiger partial charge in [-0.1, -0.05) is 35.9 Å². The number of nitrogens with zero attached hydrogens (tertiary/aromatic N) is 1. The van der Waals surface area contributed by atoms with E-state index in [1.165, 1.54) is 4.90 Å². The van der Waals surface area contributed by atoms with Gasteiger partial charge in [-0.15, -0.1) is 0 Å². The maximum Gasteiger partial charge on any atom is 0.250 e. The number of aryl methyl sites for hydroxylation is 1. The minimum absolute atomic E-state index is 0.372. The van der Waals surface area contributed by atoms with Crippen LogP contribution in [-0.4, -0.2) is 35.0 Å². The molecule has 1 spiro atoms. The number of anilines is 2. The Morgan fingerprint density at radius 2 is 1.72 bits per heavy atom. The van der Waals surface area contributed by atoms with Crippen molar-refractivity contribution in [3.05, 3.63) is 59.7 Å². The number of fused-ring (bicyclic) bond motifs is 4. The van der Waals surface area contributed by atoms with E-state index >= 15 is 0 Å². The zero-order valence-corrected chi connectivity index (χ0v) is 16.0. The minimum atomic E-state index is -1.38. The van der Waals surface area contributed by atoms with Gasteiger partial charge in [-0.25, -0.2) is 4.90 Å². The van der Waals surface area contributed by atoms with Crippen LogP contribution in [0, 0.1) is 18.8 Å². The molecule has 3 amide bonds. The van der Waals surface area contributed by atoms with E-state index in [1.54, 1.807) is 43.3 Å². The molecule has 5 atom stereocenters. The van der Waals surface area contributed by atoms with Gasteiger partial charge in [0.05, 0.1) is 23.6 Å². The largest absolute Gasteiger partial charge is 0.392 e. The normalized spacial score (nSPS) is 31.2. The van der Waals surface area contributed by atoms with Gasteiger partial charge in [0.15, 0.2) is 0 Å². The highest BCUT2D eigenvalue weighted by atomic mass is 16.3. The summed E-state index contributed by atoms with van der Waals surface area (Å²) in [7, 11) is 0. The van der Waals surface area contributed by atoms with Gasteiger partial charge in [-0.2, -0.15) is 0 Å². The molecule has 3 aliphatic heterocycles. The van der Waals surface area contributed by atoms with Crippen molar-refractivity contribution in [3.8, 4) is 0 Å². The molecule has 0 radical (unpaired) electrons. The highest BCUT2D eigenvalue weighted by Gasteiger charge is 2.71. The number of hydrogen-bond acceptors (Lipinski definition) is 5. The van der Waals surface area contributed by atoms with Crippen LogP contribution in [0.5, 0.6) is 0 Å². The zero-order valence-electron chi connectivity index (χ0n) is 16.0. The van der Waals surface area contributed by atoms with Crippen LogP contribution in [0.2, 0.25) is 0 Å². The summed E-state index contributed by atoms with van der Waals surface area (Å²) >= 11 is 0. The lowest BCUT2D eigenvalue weighted by atomic mass is 9.76. The molecule has 0 aromatic heterocycles. The van der Waals surface area contributed by atoms with Gasteiger partial charge in [-0.3, -0.25) is 19.7 Å². The Hall–Kier alpha value is -3.03. The molecule has 3 heterocycles. The van der Waals surface area contributed by atoms with E-state index < -0.39 is 41.3 Å². The molecule has 3 aliphatic rings. The lowest BCUT2D eigenvalue weighted by molar-refractivity contribution is -0.130. The molecule has 2 aromatic carbocycles. The van der Waals surface area contributed by atoms with E-state index in [-0.39, 0.29) is 5.91 Å². The number of para-hydroxylation sites is 1. The van der Waals surface area contributed by atoms with Crippen molar-refractivity contribution < 1.29 is 19.5 Å². The molecule has 148 valence electrons. The van der Waals surface area contributed by atoms with Crippen LogP contribution >= 0.6 is 0 Å². The number of amides is 3. The van der Waals surface area contributed by atoms with Crippen LogP contribution < -0.4 is 15.5 Å². The minimum Gasteiger partial charge on any atom is -0.392 e.